The number of thioether (sulfide) groups is 1. The lowest BCUT2D eigenvalue weighted by atomic mass is 10.0. The first-order valence-electron chi connectivity index (χ1n) is 7.55. The van der Waals surface area contributed by atoms with E-state index >= 15 is 0 Å². The lowest BCUT2D eigenvalue weighted by Gasteiger charge is -2.44. The standard InChI is InChI=1S/C16H19ClN2O3S/c1-22-10-14(20)18-8-6-16(7-9-18)19(15(21)11-23-16)13-4-2-12(17)3-5-13/h2-5H,6-11H2,1H3. The molecule has 0 atom stereocenters. The number of piperidine rings is 1. The number of anilines is 1. The largest absolute Gasteiger partial charge is 0.375 e. The molecule has 124 valence electrons. The van der Waals surface area contributed by atoms with E-state index in [9.17, 15) is 9.59 Å². The summed E-state index contributed by atoms with van der Waals surface area (Å²) in [6.45, 7) is 1.40. The molecule has 3 rings (SSSR count). The van der Waals surface area contributed by atoms with Gasteiger partial charge in [0.15, 0.2) is 0 Å². The number of methoxy groups -OCH3 is 1. The fourth-order valence-corrected chi connectivity index (χ4v) is 4.66. The number of carbonyl (C=O) groups is 2. The van der Waals surface area contributed by atoms with E-state index in [0.29, 0.717) is 23.9 Å². The number of hydrogen-bond donors (Lipinski definition) is 0. The second-order valence-corrected chi connectivity index (χ2v) is 7.53. The fraction of sp³-hybridized carbons (Fsp3) is 0.500. The quantitative estimate of drug-likeness (QED) is 0.836. The summed E-state index contributed by atoms with van der Waals surface area (Å²) in [4.78, 5) is 27.8. The van der Waals surface area contributed by atoms with Crippen molar-refractivity contribution in [1.82, 2.24) is 4.90 Å². The van der Waals surface area contributed by atoms with Gasteiger partial charge >= 0.3 is 0 Å². The van der Waals surface area contributed by atoms with Gasteiger partial charge in [0.25, 0.3) is 0 Å². The lowest BCUT2D eigenvalue weighted by molar-refractivity contribution is -0.136. The van der Waals surface area contributed by atoms with E-state index in [2.05, 4.69) is 0 Å². The highest BCUT2D eigenvalue weighted by Crippen LogP contribution is 2.46. The summed E-state index contributed by atoms with van der Waals surface area (Å²) in [5, 5.41) is 0.655. The molecule has 2 fully saturated rings. The summed E-state index contributed by atoms with van der Waals surface area (Å²) in [5.41, 5.74) is 0.876. The van der Waals surface area contributed by atoms with Gasteiger partial charge in [0.05, 0.1) is 10.6 Å². The molecule has 0 saturated carbocycles. The highest BCUT2D eigenvalue weighted by atomic mass is 35.5. The molecule has 2 amide bonds. The molecule has 2 aliphatic rings. The van der Waals surface area contributed by atoms with Crippen LogP contribution in [-0.2, 0) is 14.3 Å². The van der Waals surface area contributed by atoms with Gasteiger partial charge in [-0.15, -0.1) is 11.8 Å². The number of hydrogen-bond acceptors (Lipinski definition) is 4. The number of nitrogens with zero attached hydrogens (tertiary/aromatic N) is 2. The van der Waals surface area contributed by atoms with Crippen LogP contribution in [0.4, 0.5) is 5.69 Å². The van der Waals surface area contributed by atoms with Crippen LogP contribution in [0.1, 0.15) is 12.8 Å². The second-order valence-electron chi connectivity index (χ2n) is 5.75. The Morgan fingerprint density at radius 3 is 2.57 bits per heavy atom. The van der Waals surface area contributed by atoms with Crippen molar-refractivity contribution in [2.45, 2.75) is 17.7 Å². The van der Waals surface area contributed by atoms with Crippen molar-refractivity contribution in [1.29, 1.82) is 0 Å². The summed E-state index contributed by atoms with van der Waals surface area (Å²) >= 11 is 7.63. The van der Waals surface area contributed by atoms with Crippen LogP contribution in [0.15, 0.2) is 24.3 Å². The predicted octanol–water partition coefficient (Wildman–Crippen LogP) is 2.38. The molecule has 0 radical (unpaired) electrons. The maximum atomic E-state index is 12.4. The normalized spacial score (nSPS) is 20.3. The van der Waals surface area contributed by atoms with E-state index in [4.69, 9.17) is 16.3 Å². The van der Waals surface area contributed by atoms with E-state index in [1.807, 2.05) is 21.9 Å². The summed E-state index contributed by atoms with van der Waals surface area (Å²) in [6.07, 6.45) is 1.53. The number of carbonyl (C=O) groups excluding carboxylic acids is 2. The maximum absolute atomic E-state index is 12.4. The van der Waals surface area contributed by atoms with Gasteiger partial charge < -0.3 is 9.64 Å². The summed E-state index contributed by atoms with van der Waals surface area (Å²) in [6, 6.07) is 7.38. The molecular formula is C16H19ClN2O3S. The van der Waals surface area contributed by atoms with E-state index in [1.54, 1.807) is 23.9 Å². The first-order chi connectivity index (χ1) is 11.1. The van der Waals surface area contributed by atoms with Gasteiger partial charge in [-0.3, -0.25) is 14.5 Å². The van der Waals surface area contributed by atoms with Gasteiger partial charge in [-0.1, -0.05) is 11.6 Å². The molecule has 1 aromatic carbocycles. The van der Waals surface area contributed by atoms with Gasteiger partial charge in [-0.25, -0.2) is 0 Å². The molecule has 0 aliphatic carbocycles. The molecule has 0 bridgehead atoms. The molecule has 0 aromatic heterocycles. The Labute approximate surface area is 144 Å². The van der Waals surface area contributed by atoms with Crippen molar-refractivity contribution in [3.8, 4) is 0 Å². The Morgan fingerprint density at radius 1 is 1.30 bits per heavy atom. The zero-order valence-corrected chi connectivity index (χ0v) is 14.5. The molecule has 1 spiro atoms. The van der Waals surface area contributed by atoms with E-state index < -0.39 is 0 Å². The third kappa shape index (κ3) is 3.20. The molecular weight excluding hydrogens is 336 g/mol. The molecule has 23 heavy (non-hydrogen) atoms. The van der Waals surface area contributed by atoms with E-state index in [-0.39, 0.29) is 23.3 Å². The molecule has 2 saturated heterocycles. The van der Waals surface area contributed by atoms with E-state index in [0.717, 1.165) is 18.5 Å². The SMILES string of the molecule is COCC(=O)N1CCC2(CC1)SCC(=O)N2c1ccc(Cl)cc1. The minimum atomic E-state index is -0.255. The van der Waals surface area contributed by atoms with Gasteiger partial charge in [-0.2, -0.15) is 0 Å². The van der Waals surface area contributed by atoms with Crippen LogP contribution in [0, 0.1) is 0 Å². The minimum absolute atomic E-state index is 0.00900. The van der Waals surface area contributed by atoms with Crippen molar-refractivity contribution in [3.63, 3.8) is 0 Å². The monoisotopic (exact) mass is 354 g/mol. The highest BCUT2D eigenvalue weighted by Gasteiger charge is 2.49. The first kappa shape index (κ1) is 16.6. The van der Waals surface area contributed by atoms with Crippen LogP contribution in [-0.4, -0.2) is 54.1 Å². The van der Waals surface area contributed by atoms with Gasteiger partial charge in [0.1, 0.15) is 6.61 Å². The van der Waals surface area contributed by atoms with Crippen molar-refractivity contribution >= 4 is 40.9 Å². The third-order valence-corrected chi connectivity index (χ3v) is 6.14. The number of ether oxygens (including phenoxy) is 1. The molecule has 2 aliphatic heterocycles. The van der Waals surface area contributed by atoms with Gasteiger partial charge in [0, 0.05) is 30.9 Å². The Bertz CT molecular complexity index is 600. The van der Waals surface area contributed by atoms with Gasteiger partial charge in [0.2, 0.25) is 11.8 Å². The maximum Gasteiger partial charge on any atom is 0.248 e. The summed E-state index contributed by atoms with van der Waals surface area (Å²) < 4.78 is 4.92. The van der Waals surface area contributed by atoms with Crippen LogP contribution >= 0.6 is 23.4 Å². The molecule has 1 aromatic rings. The second kappa shape index (κ2) is 6.71. The van der Waals surface area contributed by atoms with Crippen molar-refractivity contribution in [2.75, 3.05) is 37.5 Å². The van der Waals surface area contributed by atoms with E-state index in [1.165, 1.54) is 7.11 Å². The number of likely N-dealkylation sites (tertiary alicyclic amines) is 1. The van der Waals surface area contributed by atoms with Crippen LogP contribution in [0.3, 0.4) is 0 Å². The van der Waals surface area contributed by atoms with Crippen LogP contribution in [0.2, 0.25) is 5.02 Å². The lowest BCUT2D eigenvalue weighted by Crippen LogP contribution is -2.53. The van der Waals surface area contributed by atoms with Crippen LogP contribution in [0.25, 0.3) is 0 Å². The van der Waals surface area contributed by atoms with Crippen LogP contribution in [0.5, 0.6) is 0 Å². The highest BCUT2D eigenvalue weighted by molar-refractivity contribution is 8.02. The topological polar surface area (TPSA) is 49.9 Å². The third-order valence-electron chi connectivity index (χ3n) is 4.37. The molecule has 2 heterocycles. The number of halogens is 1. The number of benzene rings is 1. The Balaban J connectivity index is 1.77. The smallest absolute Gasteiger partial charge is 0.248 e. The number of rotatable bonds is 3. The van der Waals surface area contributed by atoms with Crippen molar-refractivity contribution < 1.29 is 14.3 Å². The average Bonchev–Trinajstić information content (AvgIpc) is 2.86. The minimum Gasteiger partial charge on any atom is -0.375 e. The Kier molecular flexibility index (Phi) is 4.85. The zero-order chi connectivity index (χ0) is 16.4. The fourth-order valence-electron chi connectivity index (χ4n) is 3.21. The first-order valence-corrected chi connectivity index (χ1v) is 8.91. The molecule has 5 nitrogen and oxygen atoms in total. The summed E-state index contributed by atoms with van der Waals surface area (Å²) in [5.74, 6) is 0.609. The van der Waals surface area contributed by atoms with Gasteiger partial charge in [-0.05, 0) is 37.1 Å². The zero-order valence-electron chi connectivity index (χ0n) is 13.0. The molecule has 7 heteroatoms. The number of amides is 2. The predicted molar refractivity (Wildman–Crippen MR) is 91.8 cm³/mol. The Hall–Kier alpha value is -1.24. The van der Waals surface area contributed by atoms with Crippen LogP contribution < -0.4 is 4.90 Å². The Morgan fingerprint density at radius 2 is 1.96 bits per heavy atom. The molecule has 0 unspecified atom stereocenters. The average molecular weight is 355 g/mol. The van der Waals surface area contributed by atoms with Crippen molar-refractivity contribution in [3.05, 3.63) is 29.3 Å². The summed E-state index contributed by atoms with van der Waals surface area (Å²) in [7, 11) is 1.52. The molecule has 0 N–H and O–H groups in total. The van der Waals surface area contributed by atoms with Crippen molar-refractivity contribution in [2.24, 2.45) is 0 Å².